The first-order chi connectivity index (χ1) is 20.5. The maximum absolute atomic E-state index is 12.8. The monoisotopic (exact) mass is 590 g/mol. The summed E-state index contributed by atoms with van der Waals surface area (Å²) in [5, 5.41) is 9.82. The number of esters is 1. The van der Waals surface area contributed by atoms with Crippen LogP contribution in [0.1, 0.15) is 118 Å². The molecule has 1 aromatic carbocycles. The molecule has 0 radical (unpaired) electrons. The number of carbonyl (C=O) groups excluding carboxylic acids is 1. The molecule has 0 heterocycles. The zero-order valence-corrected chi connectivity index (χ0v) is 28.0. The summed E-state index contributed by atoms with van der Waals surface area (Å²) < 4.78 is 11.2. The zero-order valence-electron chi connectivity index (χ0n) is 28.0. The number of carbonyl (C=O) groups is 1. The Hall–Kier alpha value is -2.23. The van der Waals surface area contributed by atoms with Crippen molar-refractivity contribution in [2.45, 2.75) is 118 Å². The number of methoxy groups -OCH3 is 1. The zero-order chi connectivity index (χ0) is 30.9. The lowest BCUT2D eigenvalue weighted by Crippen LogP contribution is -2.50. The number of hydrogen-bond donors (Lipinski definition) is 1. The van der Waals surface area contributed by atoms with E-state index >= 15 is 0 Å². The highest BCUT2D eigenvalue weighted by molar-refractivity contribution is 5.87. The van der Waals surface area contributed by atoms with Crippen LogP contribution in [0, 0.1) is 52.3 Å². The molecule has 4 aliphatic rings. The lowest BCUT2D eigenvalue weighted by molar-refractivity contribution is -0.148. The van der Waals surface area contributed by atoms with Gasteiger partial charge in [-0.3, -0.25) is 0 Å². The molecule has 0 bridgehead atoms. The van der Waals surface area contributed by atoms with Crippen molar-refractivity contribution in [3.63, 3.8) is 0 Å². The van der Waals surface area contributed by atoms with Gasteiger partial charge >= 0.3 is 5.97 Å². The molecule has 1 aromatic rings. The van der Waals surface area contributed by atoms with Crippen LogP contribution in [0.25, 0.3) is 6.08 Å². The highest BCUT2D eigenvalue weighted by Gasteiger charge is 2.58. The Morgan fingerprint density at radius 2 is 1.79 bits per heavy atom. The fraction of sp³-hybridized carbons (Fsp3) is 0.718. The normalized spacial score (nSPS) is 35.1. The SMILES string of the molecule is CC[C@H](CC[C@@H](C)[C@H]1CCC2C3=CC[C@H]4C[C@@H](OC(=O)/C=C/c5ccc(O)c(OC)c5)CC[C@]4(C)C3CC[C@@]21C)C(C)C. The van der Waals surface area contributed by atoms with E-state index in [9.17, 15) is 9.90 Å². The number of rotatable bonds is 10. The Kier molecular flexibility index (Phi) is 9.74. The number of ether oxygens (including phenoxy) is 2. The third-order valence-electron chi connectivity index (χ3n) is 13.2. The molecule has 43 heavy (non-hydrogen) atoms. The Morgan fingerprint density at radius 3 is 2.51 bits per heavy atom. The van der Waals surface area contributed by atoms with Gasteiger partial charge in [0.05, 0.1) is 7.11 Å². The summed E-state index contributed by atoms with van der Waals surface area (Å²) in [6, 6.07) is 5.05. The molecule has 2 unspecified atom stereocenters. The summed E-state index contributed by atoms with van der Waals surface area (Å²) in [6.45, 7) is 15.0. The lowest BCUT2D eigenvalue weighted by atomic mass is 9.47. The van der Waals surface area contributed by atoms with Crippen LogP contribution in [0.15, 0.2) is 35.9 Å². The van der Waals surface area contributed by atoms with Gasteiger partial charge < -0.3 is 14.6 Å². The van der Waals surface area contributed by atoms with Crippen LogP contribution in [-0.2, 0) is 9.53 Å². The van der Waals surface area contributed by atoms with E-state index < -0.39 is 0 Å². The molecule has 0 spiro atoms. The number of benzene rings is 1. The maximum atomic E-state index is 12.8. The standard InChI is InChI=1S/C39H58O4/c1-8-28(25(2)3)12-9-26(4)32-15-16-33-31-14-13-29-24-30(19-21-38(29,5)34(31)20-22-39(32,33)6)43-37(41)18-11-27-10-17-35(40)36(23-27)42-7/h10-11,14,17-18,23,25-26,28-30,32-34,40H,8-9,12-13,15-16,19-22,24H2,1-7H3/b18-11+/t26-,28-,29+,30+,32-,33?,34?,38+,39-/m1/s1. The first kappa shape index (κ1) is 32.2. The van der Waals surface area contributed by atoms with Gasteiger partial charge in [0.25, 0.3) is 0 Å². The molecule has 238 valence electrons. The summed E-state index contributed by atoms with van der Waals surface area (Å²) in [5.74, 6) is 5.59. The van der Waals surface area contributed by atoms with Crippen LogP contribution in [0.2, 0.25) is 0 Å². The van der Waals surface area contributed by atoms with Crippen molar-refractivity contribution in [3.05, 3.63) is 41.5 Å². The molecule has 3 saturated carbocycles. The van der Waals surface area contributed by atoms with E-state index in [1.807, 2.05) is 5.57 Å². The van der Waals surface area contributed by atoms with Crippen molar-refractivity contribution in [2.24, 2.45) is 52.3 Å². The molecule has 4 aliphatic carbocycles. The Labute approximate surface area is 261 Å². The van der Waals surface area contributed by atoms with Crippen molar-refractivity contribution >= 4 is 12.0 Å². The molecule has 0 saturated heterocycles. The summed E-state index contributed by atoms with van der Waals surface area (Å²) in [5.41, 5.74) is 3.40. The predicted molar refractivity (Wildman–Crippen MR) is 176 cm³/mol. The summed E-state index contributed by atoms with van der Waals surface area (Å²) in [6.07, 6.45) is 19.7. The van der Waals surface area contributed by atoms with Gasteiger partial charge in [-0.05, 0) is 134 Å². The van der Waals surface area contributed by atoms with E-state index in [2.05, 4.69) is 47.6 Å². The number of aromatic hydroxyl groups is 1. The minimum atomic E-state index is -0.286. The van der Waals surface area contributed by atoms with E-state index in [4.69, 9.17) is 9.47 Å². The van der Waals surface area contributed by atoms with E-state index in [-0.39, 0.29) is 17.8 Å². The summed E-state index contributed by atoms with van der Waals surface area (Å²) in [4.78, 5) is 12.8. The van der Waals surface area contributed by atoms with Crippen molar-refractivity contribution in [3.8, 4) is 11.5 Å². The average Bonchev–Trinajstić information content (AvgIpc) is 3.34. The molecule has 9 atom stereocenters. The molecule has 0 aliphatic heterocycles. The van der Waals surface area contributed by atoms with Crippen LogP contribution in [-0.4, -0.2) is 24.3 Å². The molecule has 3 fully saturated rings. The van der Waals surface area contributed by atoms with E-state index in [0.717, 1.165) is 60.8 Å². The van der Waals surface area contributed by atoms with Crippen molar-refractivity contribution in [1.29, 1.82) is 0 Å². The number of phenols is 1. The minimum Gasteiger partial charge on any atom is -0.504 e. The maximum Gasteiger partial charge on any atom is 0.331 e. The second-order valence-electron chi connectivity index (χ2n) is 15.5. The van der Waals surface area contributed by atoms with Gasteiger partial charge in [0, 0.05) is 6.08 Å². The van der Waals surface area contributed by atoms with Crippen LogP contribution in [0.4, 0.5) is 0 Å². The highest BCUT2D eigenvalue weighted by Crippen LogP contribution is 2.67. The molecular weight excluding hydrogens is 532 g/mol. The van der Waals surface area contributed by atoms with E-state index in [1.165, 1.54) is 58.1 Å². The fourth-order valence-electron chi connectivity index (χ4n) is 10.4. The van der Waals surface area contributed by atoms with Gasteiger partial charge in [0.1, 0.15) is 6.10 Å². The van der Waals surface area contributed by atoms with Gasteiger partial charge in [-0.1, -0.05) is 72.1 Å². The summed E-state index contributed by atoms with van der Waals surface area (Å²) >= 11 is 0. The number of phenolic OH excluding ortho intramolecular Hbond substituents is 1. The van der Waals surface area contributed by atoms with Crippen LogP contribution < -0.4 is 4.74 Å². The van der Waals surface area contributed by atoms with Crippen LogP contribution >= 0.6 is 0 Å². The van der Waals surface area contributed by atoms with Crippen molar-refractivity contribution < 1.29 is 19.4 Å². The Balaban J connectivity index is 1.20. The molecule has 5 rings (SSSR count). The fourth-order valence-corrected chi connectivity index (χ4v) is 10.4. The molecule has 4 heteroatoms. The second kappa shape index (κ2) is 13.0. The first-order valence-electron chi connectivity index (χ1n) is 17.5. The molecule has 0 amide bonds. The minimum absolute atomic E-state index is 0.0112. The number of allylic oxidation sites excluding steroid dienone is 2. The quantitative estimate of drug-likeness (QED) is 0.167. The second-order valence-corrected chi connectivity index (χ2v) is 15.5. The Morgan fingerprint density at radius 1 is 1.05 bits per heavy atom. The topological polar surface area (TPSA) is 55.8 Å². The lowest BCUT2D eigenvalue weighted by Gasteiger charge is -2.58. The van der Waals surface area contributed by atoms with Crippen molar-refractivity contribution in [1.82, 2.24) is 0 Å². The summed E-state index contributed by atoms with van der Waals surface area (Å²) in [7, 11) is 1.52. The third kappa shape index (κ3) is 6.32. The van der Waals surface area contributed by atoms with Crippen LogP contribution in [0.3, 0.4) is 0 Å². The molecule has 4 nitrogen and oxygen atoms in total. The van der Waals surface area contributed by atoms with Crippen molar-refractivity contribution in [2.75, 3.05) is 7.11 Å². The molecular formula is C39H58O4. The molecule has 1 N–H and O–H groups in total. The highest BCUT2D eigenvalue weighted by atomic mass is 16.5. The van der Waals surface area contributed by atoms with E-state index in [1.54, 1.807) is 24.3 Å². The third-order valence-corrected chi connectivity index (χ3v) is 13.2. The smallest absolute Gasteiger partial charge is 0.331 e. The van der Waals surface area contributed by atoms with Gasteiger partial charge in [-0.25, -0.2) is 4.79 Å². The van der Waals surface area contributed by atoms with Gasteiger partial charge in [0.15, 0.2) is 11.5 Å². The van der Waals surface area contributed by atoms with Gasteiger partial charge in [-0.2, -0.15) is 0 Å². The van der Waals surface area contributed by atoms with Crippen LogP contribution in [0.5, 0.6) is 11.5 Å². The first-order valence-corrected chi connectivity index (χ1v) is 17.5. The van der Waals surface area contributed by atoms with Gasteiger partial charge in [-0.15, -0.1) is 0 Å². The largest absolute Gasteiger partial charge is 0.504 e. The van der Waals surface area contributed by atoms with Gasteiger partial charge in [0.2, 0.25) is 0 Å². The number of fused-ring (bicyclic) bond motifs is 5. The number of hydrogen-bond acceptors (Lipinski definition) is 4. The Bertz CT molecular complexity index is 1200. The predicted octanol–water partition coefficient (Wildman–Crippen LogP) is 10.0. The average molecular weight is 591 g/mol. The van der Waals surface area contributed by atoms with E-state index in [0.29, 0.717) is 28.4 Å². The molecule has 0 aromatic heterocycles.